The fourth-order valence-corrected chi connectivity index (χ4v) is 2.97. The summed E-state index contributed by atoms with van der Waals surface area (Å²) in [7, 11) is 0. The minimum Gasteiger partial charge on any atom is -0.355 e. The lowest BCUT2D eigenvalue weighted by Gasteiger charge is -2.24. The van der Waals surface area contributed by atoms with Crippen LogP contribution in [0.1, 0.15) is 31.7 Å². The van der Waals surface area contributed by atoms with E-state index < -0.39 is 0 Å². The van der Waals surface area contributed by atoms with Gasteiger partial charge in [0, 0.05) is 16.5 Å². The second-order valence-corrected chi connectivity index (χ2v) is 6.41. The van der Waals surface area contributed by atoms with Gasteiger partial charge in [-0.1, -0.05) is 61.7 Å². The van der Waals surface area contributed by atoms with E-state index in [-0.39, 0.29) is 0 Å². The van der Waals surface area contributed by atoms with Crippen molar-refractivity contribution in [3.05, 3.63) is 63.7 Å². The summed E-state index contributed by atoms with van der Waals surface area (Å²) in [5.41, 5.74) is 2.58. The largest absolute Gasteiger partial charge is 0.355 e. The predicted molar refractivity (Wildman–Crippen MR) is 104 cm³/mol. The molecule has 114 valence electrons. The molecule has 0 saturated heterocycles. The lowest BCUT2D eigenvalue weighted by Crippen LogP contribution is -2.23. The second kappa shape index (κ2) is 9.53. The average Bonchev–Trinajstić information content (AvgIpc) is 2.55. The second-order valence-electron chi connectivity index (χ2n) is 5.25. The van der Waals surface area contributed by atoms with Crippen LogP contribution >= 0.6 is 22.6 Å². The van der Waals surface area contributed by atoms with Gasteiger partial charge in [0.2, 0.25) is 0 Å². The van der Waals surface area contributed by atoms with Crippen molar-refractivity contribution in [2.75, 3.05) is 11.4 Å². The van der Waals surface area contributed by atoms with Gasteiger partial charge in [-0.25, -0.2) is 0 Å². The zero-order valence-corrected chi connectivity index (χ0v) is 15.2. The van der Waals surface area contributed by atoms with Crippen molar-refractivity contribution in [1.29, 1.82) is 0 Å². The highest BCUT2D eigenvalue weighted by atomic mass is 127. The molecule has 2 heteroatoms. The Morgan fingerprint density at radius 3 is 2.41 bits per heavy atom. The van der Waals surface area contributed by atoms with Crippen molar-refractivity contribution in [3.63, 3.8) is 0 Å². The molecule has 0 N–H and O–H groups in total. The van der Waals surface area contributed by atoms with Gasteiger partial charge in [-0.15, -0.1) is 5.92 Å². The molecule has 0 spiro atoms. The van der Waals surface area contributed by atoms with Gasteiger partial charge in [0.1, 0.15) is 0 Å². The molecule has 0 fully saturated rings. The van der Waals surface area contributed by atoms with Crippen molar-refractivity contribution < 1.29 is 0 Å². The molecule has 2 aromatic carbocycles. The molecule has 0 aromatic heterocycles. The minimum atomic E-state index is 0.776. The first-order valence-corrected chi connectivity index (χ1v) is 8.88. The fourth-order valence-electron chi connectivity index (χ4n) is 2.24. The van der Waals surface area contributed by atoms with Crippen LogP contribution < -0.4 is 4.90 Å². The van der Waals surface area contributed by atoms with Crippen LogP contribution in [-0.2, 0) is 6.54 Å². The molecule has 22 heavy (non-hydrogen) atoms. The van der Waals surface area contributed by atoms with E-state index in [2.05, 4.69) is 101 Å². The molecule has 0 aliphatic carbocycles. The first-order chi connectivity index (χ1) is 10.8. The summed E-state index contributed by atoms with van der Waals surface area (Å²) in [5.74, 6) is 6.64. The monoisotopic (exact) mass is 403 g/mol. The molecule has 0 atom stereocenters. The highest BCUT2D eigenvalue weighted by Gasteiger charge is 2.09. The molecule has 2 rings (SSSR count). The Hall–Kier alpha value is -1.47. The predicted octanol–water partition coefficient (Wildman–Crippen LogP) is 5.49. The molecule has 0 aliphatic rings. The van der Waals surface area contributed by atoms with Gasteiger partial charge in [-0.3, -0.25) is 0 Å². The third-order valence-corrected chi connectivity index (χ3v) is 4.37. The molecule has 0 unspecified atom stereocenters. The quantitative estimate of drug-likeness (QED) is 0.350. The van der Waals surface area contributed by atoms with Gasteiger partial charge in [0.05, 0.1) is 12.2 Å². The lowest BCUT2D eigenvalue weighted by molar-refractivity contribution is 0.825. The maximum atomic E-state index is 3.34. The van der Waals surface area contributed by atoms with E-state index in [1.54, 1.807) is 0 Å². The van der Waals surface area contributed by atoms with Gasteiger partial charge in [-0.05, 0) is 46.7 Å². The maximum absolute atomic E-state index is 3.34. The third kappa shape index (κ3) is 5.38. The number of hydrogen-bond donors (Lipinski definition) is 0. The molecule has 0 bridgehead atoms. The van der Waals surface area contributed by atoms with E-state index in [1.165, 1.54) is 27.7 Å². The molecule has 1 nitrogen and oxygen atoms in total. The van der Waals surface area contributed by atoms with Gasteiger partial charge >= 0.3 is 0 Å². The van der Waals surface area contributed by atoms with Gasteiger partial charge in [0.25, 0.3) is 0 Å². The Balaban J connectivity index is 2.13. The van der Waals surface area contributed by atoms with Crippen LogP contribution in [0.3, 0.4) is 0 Å². The van der Waals surface area contributed by atoms with Gasteiger partial charge < -0.3 is 4.90 Å². The van der Waals surface area contributed by atoms with Crippen LogP contribution in [0.25, 0.3) is 0 Å². The molecule has 0 amide bonds. The zero-order chi connectivity index (χ0) is 15.6. The number of halogens is 1. The smallest absolute Gasteiger partial charge is 0.0798 e. The average molecular weight is 403 g/mol. The normalized spacial score (nSPS) is 9.91. The highest BCUT2D eigenvalue weighted by Crippen LogP contribution is 2.23. The number of rotatable bonds is 6. The van der Waals surface area contributed by atoms with Gasteiger partial charge in [0.15, 0.2) is 0 Å². The van der Waals surface area contributed by atoms with Crippen LogP contribution in [0, 0.1) is 15.4 Å². The number of hydrogen-bond acceptors (Lipinski definition) is 1. The number of benzene rings is 2. The Labute approximate surface area is 147 Å². The summed E-state index contributed by atoms with van der Waals surface area (Å²) in [5, 5.41) is 0. The molecule has 0 heterocycles. The Morgan fingerprint density at radius 1 is 0.955 bits per heavy atom. The molecule has 0 radical (unpaired) electrons. The van der Waals surface area contributed by atoms with Crippen LogP contribution in [-0.4, -0.2) is 6.54 Å². The molecular weight excluding hydrogens is 381 g/mol. The van der Waals surface area contributed by atoms with Crippen LogP contribution in [0.2, 0.25) is 0 Å². The first-order valence-electron chi connectivity index (χ1n) is 7.80. The van der Waals surface area contributed by atoms with E-state index in [0.29, 0.717) is 0 Å². The molecule has 0 aliphatic heterocycles. The van der Waals surface area contributed by atoms with E-state index in [4.69, 9.17) is 0 Å². The number of unbranched alkanes of at least 4 members (excludes halogenated alkanes) is 2. The number of para-hydroxylation sites is 1. The summed E-state index contributed by atoms with van der Waals surface area (Å²) >= 11 is 2.40. The lowest BCUT2D eigenvalue weighted by atomic mass is 10.2. The summed E-state index contributed by atoms with van der Waals surface area (Å²) < 4.78 is 1.27. The molecule has 0 saturated carbocycles. The third-order valence-electron chi connectivity index (χ3n) is 3.46. The number of nitrogens with zero attached hydrogens (tertiary/aromatic N) is 1. The fraction of sp³-hybridized carbons (Fsp3) is 0.300. The van der Waals surface area contributed by atoms with E-state index in [1.807, 2.05) is 0 Å². The summed E-state index contributed by atoms with van der Waals surface area (Å²) in [6, 6.07) is 19.1. The first kappa shape index (κ1) is 16.9. The van der Waals surface area contributed by atoms with Gasteiger partial charge in [-0.2, -0.15) is 0 Å². The Bertz CT molecular complexity index is 625. The van der Waals surface area contributed by atoms with E-state index >= 15 is 0 Å². The standard InChI is InChI=1S/C20H22IN/c1-2-3-4-5-11-16-22(17-18-12-7-6-8-13-18)20-15-10-9-14-19(20)21/h6-10,12-15H,2-4,16-17H2,1H3. The topological polar surface area (TPSA) is 3.24 Å². The number of anilines is 1. The SMILES string of the molecule is CCCCC#CCN(Cc1ccccc1)c1ccccc1I. The Morgan fingerprint density at radius 2 is 1.68 bits per heavy atom. The van der Waals surface area contributed by atoms with Crippen molar-refractivity contribution >= 4 is 28.3 Å². The van der Waals surface area contributed by atoms with Crippen LogP contribution in [0.4, 0.5) is 5.69 Å². The summed E-state index contributed by atoms with van der Waals surface area (Å²) in [4.78, 5) is 2.36. The Kier molecular flexibility index (Phi) is 7.32. The van der Waals surface area contributed by atoms with Crippen LogP contribution in [0.15, 0.2) is 54.6 Å². The molecular formula is C20H22IN. The maximum Gasteiger partial charge on any atom is 0.0798 e. The van der Waals surface area contributed by atoms with Crippen molar-refractivity contribution in [2.24, 2.45) is 0 Å². The minimum absolute atomic E-state index is 0.776. The van der Waals surface area contributed by atoms with Crippen molar-refractivity contribution in [2.45, 2.75) is 32.7 Å². The molecule has 2 aromatic rings. The van der Waals surface area contributed by atoms with Crippen molar-refractivity contribution in [3.8, 4) is 11.8 Å². The zero-order valence-electron chi connectivity index (χ0n) is 13.1. The van der Waals surface area contributed by atoms with E-state index in [0.717, 1.165) is 19.5 Å². The summed E-state index contributed by atoms with van der Waals surface area (Å²) in [6.07, 6.45) is 3.40. The highest BCUT2D eigenvalue weighted by molar-refractivity contribution is 14.1. The van der Waals surface area contributed by atoms with Crippen LogP contribution in [0.5, 0.6) is 0 Å². The van der Waals surface area contributed by atoms with E-state index in [9.17, 15) is 0 Å². The summed E-state index contributed by atoms with van der Waals surface area (Å²) in [6.45, 7) is 3.87. The van der Waals surface area contributed by atoms with Crippen molar-refractivity contribution in [1.82, 2.24) is 0 Å².